The molecule has 7 rings (SSSR count). The zero-order valence-corrected chi connectivity index (χ0v) is 24.3. The smallest absolute Gasteiger partial charge is 0.330 e. The number of furan rings is 1. The number of rotatable bonds is 9. The Morgan fingerprint density at radius 3 is 2.42 bits per heavy atom. The van der Waals surface area contributed by atoms with Crippen LogP contribution in [-0.4, -0.2) is 111 Å². The predicted molar refractivity (Wildman–Crippen MR) is 161 cm³/mol. The minimum absolute atomic E-state index is 0.161. The number of aromatic nitrogens is 6. The van der Waals surface area contributed by atoms with Crippen LogP contribution in [0.4, 0.5) is 11.6 Å². The third kappa shape index (κ3) is 5.44. The average molecular weight is 589 g/mol. The quantitative estimate of drug-likeness (QED) is 0.265. The first kappa shape index (κ1) is 27.4. The minimum atomic E-state index is -0.163. The Labute approximate surface area is 247 Å². The van der Waals surface area contributed by atoms with Crippen LogP contribution in [0.1, 0.15) is 0 Å². The Morgan fingerprint density at radius 1 is 0.907 bits per heavy atom. The monoisotopic (exact) mass is 588 g/mol. The van der Waals surface area contributed by atoms with Gasteiger partial charge in [0.1, 0.15) is 17.9 Å². The predicted octanol–water partition coefficient (Wildman–Crippen LogP) is 1.15. The third-order valence-electron chi connectivity index (χ3n) is 8.31. The number of morpholine rings is 1. The van der Waals surface area contributed by atoms with Gasteiger partial charge in [-0.05, 0) is 36.4 Å². The molecule has 0 bridgehead atoms. The van der Waals surface area contributed by atoms with Gasteiger partial charge in [0.15, 0.2) is 17.1 Å². The van der Waals surface area contributed by atoms with Gasteiger partial charge in [0.2, 0.25) is 11.8 Å². The van der Waals surface area contributed by atoms with Crippen LogP contribution in [0, 0.1) is 0 Å². The summed E-state index contributed by atoms with van der Waals surface area (Å²) in [5, 5.41) is 4.45. The topological polar surface area (TPSA) is 137 Å². The van der Waals surface area contributed by atoms with Gasteiger partial charge < -0.3 is 24.5 Å². The molecule has 226 valence electrons. The number of nitrogens with zero attached hydrogens (tertiary/aromatic N) is 9. The van der Waals surface area contributed by atoms with E-state index in [0.717, 1.165) is 71.3 Å². The number of fused-ring (bicyclic) bond motifs is 3. The van der Waals surface area contributed by atoms with Crippen molar-refractivity contribution < 1.29 is 13.9 Å². The van der Waals surface area contributed by atoms with Crippen molar-refractivity contribution in [1.29, 1.82) is 0 Å². The SMILES string of the molecule is Cn1c(=O)n(CCN2CCN(c3ccc(OCCN4CCOCC4)cc3)CC2)c2nc(N)n3nc(-c4ccco4)nc3c21. The van der Waals surface area contributed by atoms with Crippen molar-refractivity contribution in [2.24, 2.45) is 7.05 Å². The van der Waals surface area contributed by atoms with E-state index >= 15 is 0 Å². The second kappa shape index (κ2) is 11.7. The molecule has 2 fully saturated rings. The Balaban J connectivity index is 0.968. The summed E-state index contributed by atoms with van der Waals surface area (Å²) in [6, 6.07) is 11.9. The van der Waals surface area contributed by atoms with Crippen LogP contribution < -0.4 is 21.1 Å². The number of nitrogens with two attached hydrogens (primary N) is 1. The lowest BCUT2D eigenvalue weighted by Gasteiger charge is -2.36. The van der Waals surface area contributed by atoms with Crippen molar-refractivity contribution in [3.8, 4) is 17.3 Å². The molecule has 2 aliphatic heterocycles. The van der Waals surface area contributed by atoms with Crippen LogP contribution in [0.3, 0.4) is 0 Å². The van der Waals surface area contributed by atoms with Gasteiger partial charge in [-0.15, -0.1) is 5.10 Å². The van der Waals surface area contributed by atoms with Crippen LogP contribution >= 0.6 is 0 Å². The third-order valence-corrected chi connectivity index (χ3v) is 8.31. The lowest BCUT2D eigenvalue weighted by atomic mass is 10.2. The van der Waals surface area contributed by atoms with E-state index < -0.39 is 0 Å². The largest absolute Gasteiger partial charge is 0.492 e. The van der Waals surface area contributed by atoms with E-state index in [1.54, 1.807) is 34.6 Å². The first-order valence-corrected chi connectivity index (χ1v) is 14.7. The number of anilines is 2. The lowest BCUT2D eigenvalue weighted by molar-refractivity contribution is 0.0322. The van der Waals surface area contributed by atoms with Gasteiger partial charge in [0.05, 0.1) is 19.5 Å². The van der Waals surface area contributed by atoms with Gasteiger partial charge in [-0.2, -0.15) is 9.50 Å². The molecule has 43 heavy (non-hydrogen) atoms. The van der Waals surface area contributed by atoms with Gasteiger partial charge >= 0.3 is 5.69 Å². The Bertz CT molecular complexity index is 1740. The molecule has 0 unspecified atom stereocenters. The van der Waals surface area contributed by atoms with Gasteiger partial charge in [-0.3, -0.25) is 18.9 Å². The van der Waals surface area contributed by atoms with Gasteiger partial charge in [0, 0.05) is 71.6 Å². The number of hydrogen-bond donors (Lipinski definition) is 1. The lowest BCUT2D eigenvalue weighted by Crippen LogP contribution is -2.47. The first-order valence-electron chi connectivity index (χ1n) is 14.7. The number of ether oxygens (including phenoxy) is 2. The number of imidazole rings is 1. The van der Waals surface area contributed by atoms with Crippen molar-refractivity contribution in [1.82, 2.24) is 38.5 Å². The minimum Gasteiger partial charge on any atom is -0.492 e. The maximum Gasteiger partial charge on any atom is 0.330 e. The molecule has 14 nitrogen and oxygen atoms in total. The normalized spacial score (nSPS) is 16.9. The highest BCUT2D eigenvalue weighted by atomic mass is 16.5. The average Bonchev–Trinajstić information content (AvgIpc) is 3.78. The van der Waals surface area contributed by atoms with Crippen molar-refractivity contribution in [2.75, 3.05) is 82.8 Å². The van der Waals surface area contributed by atoms with Crippen LogP contribution in [0.2, 0.25) is 0 Å². The number of aryl methyl sites for hydroxylation is 1. The molecule has 5 aromatic rings. The molecular formula is C29H36N10O4. The standard InChI is InChI=1S/C29H36N10O4/c1-34-24-26(32-28(30)39-27(24)31-25(33-39)23-3-2-17-43-23)38(29(34)40)13-10-35-8-11-37(12-9-35)21-4-6-22(7-5-21)42-20-16-36-14-18-41-19-15-36/h2-7,17H,8-16,18-20H2,1H3,(H2,30,32). The second-order valence-electron chi connectivity index (χ2n) is 10.9. The Morgan fingerprint density at radius 2 is 1.67 bits per heavy atom. The van der Waals surface area contributed by atoms with Crippen LogP contribution in [0.5, 0.6) is 5.75 Å². The summed E-state index contributed by atoms with van der Waals surface area (Å²) in [6.45, 7) is 9.96. The van der Waals surface area contributed by atoms with E-state index in [0.29, 0.717) is 41.5 Å². The summed E-state index contributed by atoms with van der Waals surface area (Å²) >= 11 is 0. The van der Waals surface area contributed by atoms with E-state index in [-0.39, 0.29) is 11.6 Å². The molecule has 0 atom stereocenters. The summed E-state index contributed by atoms with van der Waals surface area (Å²) in [6.07, 6.45) is 1.56. The highest BCUT2D eigenvalue weighted by Gasteiger charge is 2.23. The number of benzene rings is 1. The first-order chi connectivity index (χ1) is 21.0. The summed E-state index contributed by atoms with van der Waals surface area (Å²) in [4.78, 5) is 29.6. The highest BCUT2D eigenvalue weighted by Crippen LogP contribution is 2.24. The Kier molecular flexibility index (Phi) is 7.47. The van der Waals surface area contributed by atoms with Crippen LogP contribution in [0.25, 0.3) is 28.4 Å². The van der Waals surface area contributed by atoms with Crippen LogP contribution in [0.15, 0.2) is 51.9 Å². The zero-order chi connectivity index (χ0) is 29.3. The molecule has 2 N–H and O–H groups in total. The Hall–Kier alpha value is -4.40. The molecule has 4 aromatic heterocycles. The molecule has 0 saturated carbocycles. The molecule has 0 spiro atoms. The molecule has 14 heteroatoms. The van der Waals surface area contributed by atoms with E-state index in [4.69, 9.17) is 19.6 Å². The number of hydrogen-bond acceptors (Lipinski definition) is 11. The molecule has 0 radical (unpaired) electrons. The van der Waals surface area contributed by atoms with Crippen molar-refractivity contribution >= 4 is 28.4 Å². The fraction of sp³-hybridized carbons (Fsp3) is 0.448. The fourth-order valence-electron chi connectivity index (χ4n) is 5.84. The molecule has 0 amide bonds. The molecular weight excluding hydrogens is 552 g/mol. The van der Waals surface area contributed by atoms with Crippen molar-refractivity contribution in [2.45, 2.75) is 6.54 Å². The van der Waals surface area contributed by atoms with E-state index in [1.807, 2.05) is 0 Å². The summed E-state index contributed by atoms with van der Waals surface area (Å²) in [7, 11) is 1.72. The maximum absolute atomic E-state index is 13.3. The second-order valence-corrected chi connectivity index (χ2v) is 10.9. The van der Waals surface area contributed by atoms with E-state index in [9.17, 15) is 4.79 Å². The number of piperazine rings is 1. The molecule has 2 saturated heterocycles. The van der Waals surface area contributed by atoms with Crippen molar-refractivity contribution in [3.63, 3.8) is 0 Å². The number of nitrogen functional groups attached to an aromatic ring is 1. The summed E-state index contributed by atoms with van der Waals surface area (Å²) < 4.78 is 21.5. The van der Waals surface area contributed by atoms with Gasteiger partial charge in [0.25, 0.3) is 0 Å². The fourth-order valence-corrected chi connectivity index (χ4v) is 5.84. The maximum atomic E-state index is 13.3. The van der Waals surface area contributed by atoms with E-state index in [2.05, 4.69) is 54.0 Å². The zero-order valence-electron chi connectivity index (χ0n) is 24.3. The van der Waals surface area contributed by atoms with E-state index in [1.165, 1.54) is 10.2 Å². The molecule has 6 heterocycles. The summed E-state index contributed by atoms with van der Waals surface area (Å²) in [5.41, 5.74) is 8.84. The van der Waals surface area contributed by atoms with Crippen molar-refractivity contribution in [3.05, 3.63) is 53.1 Å². The van der Waals surface area contributed by atoms with Gasteiger partial charge in [-0.1, -0.05) is 0 Å². The molecule has 2 aliphatic rings. The highest BCUT2D eigenvalue weighted by molar-refractivity contribution is 5.88. The molecule has 1 aromatic carbocycles. The van der Waals surface area contributed by atoms with Gasteiger partial charge in [-0.25, -0.2) is 9.78 Å². The van der Waals surface area contributed by atoms with Crippen LogP contribution in [-0.2, 0) is 18.3 Å². The molecule has 0 aliphatic carbocycles. The summed E-state index contributed by atoms with van der Waals surface area (Å²) in [5.74, 6) is 1.96.